The summed E-state index contributed by atoms with van der Waals surface area (Å²) < 4.78 is 94.6. The van der Waals surface area contributed by atoms with Crippen LogP contribution in [0.4, 0.5) is 30.7 Å². The summed E-state index contributed by atoms with van der Waals surface area (Å²) in [5.74, 6) is -4.31. The number of hydrogen-bond acceptors (Lipinski definition) is 2. The van der Waals surface area contributed by atoms with Crippen molar-refractivity contribution >= 4 is 0 Å². The molecule has 0 N–H and O–H groups in total. The van der Waals surface area contributed by atoms with Crippen LogP contribution in [-0.4, -0.2) is 37.5 Å². The second-order valence-electron chi connectivity index (χ2n) is 2.94. The summed E-state index contributed by atoms with van der Waals surface area (Å²) in [5, 5.41) is 0. The fraction of sp³-hybridized carbons (Fsp3) is 1.00. The van der Waals surface area contributed by atoms with Gasteiger partial charge >= 0.3 is 18.1 Å². The Kier molecular flexibility index (Phi) is 5.20. The zero-order chi connectivity index (χ0) is 13.9. The monoisotopic (exact) mass is 272 g/mol. The van der Waals surface area contributed by atoms with Crippen molar-refractivity contribution in [3.63, 3.8) is 0 Å². The Morgan fingerprint density at radius 2 is 1.24 bits per heavy atom. The minimum Gasteiger partial charge on any atom is -0.340 e. The lowest BCUT2D eigenvalue weighted by Crippen LogP contribution is -2.61. The van der Waals surface area contributed by atoms with Gasteiger partial charge in [0.1, 0.15) is 0 Å². The predicted molar refractivity (Wildman–Crippen MR) is 43.0 cm³/mol. The zero-order valence-corrected chi connectivity index (χ0v) is 8.95. The third kappa shape index (κ3) is 3.44. The summed E-state index contributed by atoms with van der Waals surface area (Å²) in [4.78, 5) is 0. The average Bonchev–Trinajstić information content (AvgIpc) is 2.12. The lowest BCUT2D eigenvalue weighted by atomic mass is 10.1. The molecule has 1 atom stereocenters. The Balaban J connectivity index is 5.47. The van der Waals surface area contributed by atoms with Crippen LogP contribution in [0.1, 0.15) is 13.8 Å². The molecule has 0 aromatic rings. The minimum atomic E-state index is -5.74. The Bertz CT molecular complexity index is 229. The van der Waals surface area contributed by atoms with E-state index in [0.29, 0.717) is 0 Å². The molecule has 0 aliphatic rings. The molecule has 1 unspecified atom stereocenters. The molecule has 0 fully saturated rings. The topological polar surface area (TPSA) is 18.5 Å². The standard InChI is InChI=1S/C8H11F7O2/c1-3-16-6(17-4-2,8(13,14)15)5(9)7(10,11)12/h5H,3-4H2,1-2H3. The van der Waals surface area contributed by atoms with Crippen molar-refractivity contribution in [3.05, 3.63) is 0 Å². The van der Waals surface area contributed by atoms with Gasteiger partial charge in [-0.15, -0.1) is 0 Å². The first-order valence-electron chi connectivity index (χ1n) is 4.58. The van der Waals surface area contributed by atoms with Crippen LogP contribution in [0.3, 0.4) is 0 Å². The lowest BCUT2D eigenvalue weighted by Gasteiger charge is -2.37. The van der Waals surface area contributed by atoms with Crippen LogP contribution in [0.5, 0.6) is 0 Å². The first-order valence-corrected chi connectivity index (χ1v) is 4.58. The molecule has 0 aliphatic heterocycles. The van der Waals surface area contributed by atoms with Gasteiger partial charge in [0, 0.05) is 13.2 Å². The highest BCUT2D eigenvalue weighted by molar-refractivity contribution is 4.91. The van der Waals surface area contributed by atoms with Crippen molar-refractivity contribution in [2.24, 2.45) is 0 Å². The molecular formula is C8H11F7O2. The predicted octanol–water partition coefficient (Wildman–Crippen LogP) is 3.22. The van der Waals surface area contributed by atoms with Crippen molar-refractivity contribution in [1.29, 1.82) is 0 Å². The summed E-state index contributed by atoms with van der Waals surface area (Å²) >= 11 is 0. The summed E-state index contributed by atoms with van der Waals surface area (Å²) in [7, 11) is 0. The largest absolute Gasteiger partial charge is 0.446 e. The molecule has 2 nitrogen and oxygen atoms in total. The molecule has 9 heteroatoms. The molecule has 104 valence electrons. The van der Waals surface area contributed by atoms with E-state index in [1.54, 1.807) is 0 Å². The van der Waals surface area contributed by atoms with E-state index in [4.69, 9.17) is 0 Å². The quantitative estimate of drug-likeness (QED) is 0.565. The SMILES string of the molecule is CCOC(OCC)(C(F)C(F)(F)F)C(F)(F)F. The van der Waals surface area contributed by atoms with Gasteiger partial charge in [0.25, 0.3) is 6.17 Å². The fourth-order valence-electron chi connectivity index (χ4n) is 1.14. The second-order valence-corrected chi connectivity index (χ2v) is 2.94. The van der Waals surface area contributed by atoms with Gasteiger partial charge < -0.3 is 9.47 Å². The Morgan fingerprint density at radius 1 is 0.882 bits per heavy atom. The molecule has 0 aliphatic carbocycles. The lowest BCUT2D eigenvalue weighted by molar-refractivity contribution is -0.425. The highest BCUT2D eigenvalue weighted by atomic mass is 19.4. The molecule has 0 bridgehead atoms. The molecule has 0 heterocycles. The van der Waals surface area contributed by atoms with Crippen LogP contribution < -0.4 is 0 Å². The van der Waals surface area contributed by atoms with Crippen molar-refractivity contribution < 1.29 is 40.2 Å². The Hall–Kier alpha value is -0.570. The Morgan fingerprint density at radius 3 is 1.41 bits per heavy atom. The van der Waals surface area contributed by atoms with Crippen LogP contribution >= 0.6 is 0 Å². The van der Waals surface area contributed by atoms with E-state index in [0.717, 1.165) is 13.8 Å². The number of halogens is 7. The van der Waals surface area contributed by atoms with Gasteiger partial charge in [-0.25, -0.2) is 4.39 Å². The van der Waals surface area contributed by atoms with Gasteiger partial charge in [0.2, 0.25) is 0 Å². The Labute approximate surface area is 92.7 Å². The van der Waals surface area contributed by atoms with Crippen LogP contribution in [0.2, 0.25) is 0 Å². The first-order chi connectivity index (χ1) is 7.53. The number of alkyl halides is 7. The normalized spacial score (nSPS) is 16.1. The smallest absolute Gasteiger partial charge is 0.340 e. The number of rotatable bonds is 5. The second kappa shape index (κ2) is 5.38. The van der Waals surface area contributed by atoms with Gasteiger partial charge in [0.05, 0.1) is 0 Å². The zero-order valence-electron chi connectivity index (χ0n) is 8.95. The van der Waals surface area contributed by atoms with Crippen molar-refractivity contribution in [3.8, 4) is 0 Å². The van der Waals surface area contributed by atoms with Gasteiger partial charge in [-0.05, 0) is 13.8 Å². The third-order valence-electron chi connectivity index (χ3n) is 1.73. The molecule has 0 aromatic carbocycles. The van der Waals surface area contributed by atoms with Crippen molar-refractivity contribution in [2.45, 2.75) is 38.2 Å². The molecular weight excluding hydrogens is 261 g/mol. The summed E-state index contributed by atoms with van der Waals surface area (Å²) in [5.41, 5.74) is 0. The van der Waals surface area contributed by atoms with E-state index < -0.39 is 37.5 Å². The molecule has 0 spiro atoms. The molecule has 0 saturated heterocycles. The number of ether oxygens (including phenoxy) is 2. The van der Waals surface area contributed by atoms with Crippen LogP contribution in [0.15, 0.2) is 0 Å². The van der Waals surface area contributed by atoms with Crippen LogP contribution in [0.25, 0.3) is 0 Å². The fourth-order valence-corrected chi connectivity index (χ4v) is 1.14. The summed E-state index contributed by atoms with van der Waals surface area (Å²) in [6.45, 7) is 0.442. The first kappa shape index (κ1) is 16.4. The molecule has 0 aromatic heterocycles. The third-order valence-corrected chi connectivity index (χ3v) is 1.73. The highest BCUT2D eigenvalue weighted by Crippen LogP contribution is 2.44. The van der Waals surface area contributed by atoms with E-state index in [2.05, 4.69) is 9.47 Å². The highest BCUT2D eigenvalue weighted by Gasteiger charge is 2.70. The van der Waals surface area contributed by atoms with E-state index in [-0.39, 0.29) is 0 Å². The summed E-state index contributed by atoms with van der Waals surface area (Å²) in [6.07, 6.45) is -15.7. The molecule has 0 saturated carbocycles. The molecule has 0 rings (SSSR count). The summed E-state index contributed by atoms with van der Waals surface area (Å²) in [6, 6.07) is 0. The minimum absolute atomic E-state index is 0.782. The van der Waals surface area contributed by atoms with E-state index in [1.807, 2.05) is 0 Å². The maximum absolute atomic E-state index is 13.0. The maximum Gasteiger partial charge on any atom is 0.446 e. The van der Waals surface area contributed by atoms with E-state index in [1.165, 1.54) is 0 Å². The number of hydrogen-bond donors (Lipinski definition) is 0. The molecule has 0 radical (unpaired) electrons. The van der Waals surface area contributed by atoms with E-state index >= 15 is 0 Å². The van der Waals surface area contributed by atoms with E-state index in [9.17, 15) is 30.7 Å². The molecule has 0 amide bonds. The van der Waals surface area contributed by atoms with Crippen LogP contribution in [-0.2, 0) is 9.47 Å². The van der Waals surface area contributed by atoms with Crippen molar-refractivity contribution in [1.82, 2.24) is 0 Å². The van der Waals surface area contributed by atoms with Gasteiger partial charge in [-0.3, -0.25) is 0 Å². The average molecular weight is 272 g/mol. The van der Waals surface area contributed by atoms with Crippen LogP contribution in [0, 0.1) is 0 Å². The van der Waals surface area contributed by atoms with Crippen molar-refractivity contribution in [2.75, 3.05) is 13.2 Å². The van der Waals surface area contributed by atoms with Gasteiger partial charge in [-0.1, -0.05) is 0 Å². The van der Waals surface area contributed by atoms with Gasteiger partial charge in [0.15, 0.2) is 0 Å². The molecule has 17 heavy (non-hydrogen) atoms. The maximum atomic E-state index is 13.0. The van der Waals surface area contributed by atoms with Gasteiger partial charge in [-0.2, -0.15) is 26.3 Å².